The third-order valence-corrected chi connectivity index (χ3v) is 4.64. The Bertz CT molecular complexity index is 1070. The van der Waals surface area contributed by atoms with Crippen molar-refractivity contribution in [2.24, 2.45) is 0 Å². The SMILES string of the molecule is CCOc1cccn2c(C(=O)N[C@@](C)(CO)c3cccc(C#N)c3)c(C)nc12. The summed E-state index contributed by atoms with van der Waals surface area (Å²) < 4.78 is 7.28. The molecule has 1 amide bonds. The average molecular weight is 378 g/mol. The van der Waals surface area contributed by atoms with Gasteiger partial charge < -0.3 is 15.2 Å². The number of hydrogen-bond donors (Lipinski definition) is 2. The van der Waals surface area contributed by atoms with E-state index >= 15 is 0 Å². The van der Waals surface area contributed by atoms with E-state index in [9.17, 15) is 9.90 Å². The van der Waals surface area contributed by atoms with Gasteiger partial charge in [-0.25, -0.2) is 4.98 Å². The van der Waals surface area contributed by atoms with Crippen molar-refractivity contribution in [3.63, 3.8) is 0 Å². The van der Waals surface area contributed by atoms with Crippen LogP contribution in [0.1, 0.15) is 41.2 Å². The molecule has 2 heterocycles. The standard InChI is InChI=1S/C21H22N4O3/c1-4-28-17-9-6-10-25-18(14(2)23-19(17)25)20(27)24-21(3,13-26)16-8-5-7-15(11-16)12-22/h5-11,26H,4,13H2,1-3H3,(H,24,27)/t21-/m0/s1. The predicted octanol–water partition coefficient (Wildman–Crippen LogP) is 2.55. The van der Waals surface area contributed by atoms with E-state index in [1.54, 1.807) is 60.8 Å². The van der Waals surface area contributed by atoms with Crippen molar-refractivity contribution in [1.29, 1.82) is 5.26 Å². The second-order valence-electron chi connectivity index (χ2n) is 6.68. The molecule has 7 nitrogen and oxygen atoms in total. The maximum atomic E-state index is 13.1. The second-order valence-corrected chi connectivity index (χ2v) is 6.68. The van der Waals surface area contributed by atoms with Crippen LogP contribution in [0, 0.1) is 18.3 Å². The lowest BCUT2D eigenvalue weighted by molar-refractivity contribution is 0.0843. The minimum atomic E-state index is -1.06. The van der Waals surface area contributed by atoms with Crippen molar-refractivity contribution in [1.82, 2.24) is 14.7 Å². The van der Waals surface area contributed by atoms with Crippen LogP contribution in [0.25, 0.3) is 5.65 Å². The van der Waals surface area contributed by atoms with Gasteiger partial charge in [-0.1, -0.05) is 12.1 Å². The lowest BCUT2D eigenvalue weighted by Gasteiger charge is -2.29. The quantitative estimate of drug-likeness (QED) is 0.687. The van der Waals surface area contributed by atoms with Gasteiger partial charge in [0.1, 0.15) is 5.69 Å². The van der Waals surface area contributed by atoms with E-state index in [1.807, 2.05) is 6.92 Å². The molecule has 28 heavy (non-hydrogen) atoms. The van der Waals surface area contributed by atoms with Crippen LogP contribution in [0.5, 0.6) is 5.75 Å². The van der Waals surface area contributed by atoms with Gasteiger partial charge in [-0.05, 0) is 50.6 Å². The lowest BCUT2D eigenvalue weighted by atomic mass is 9.91. The van der Waals surface area contributed by atoms with Crippen molar-refractivity contribution in [3.8, 4) is 11.8 Å². The summed E-state index contributed by atoms with van der Waals surface area (Å²) in [6.07, 6.45) is 1.75. The number of benzene rings is 1. The van der Waals surface area contributed by atoms with E-state index in [2.05, 4.69) is 16.4 Å². The van der Waals surface area contributed by atoms with Crippen LogP contribution in [0.3, 0.4) is 0 Å². The van der Waals surface area contributed by atoms with Crippen LogP contribution in [0.15, 0.2) is 42.6 Å². The molecule has 0 aliphatic rings. The third-order valence-electron chi connectivity index (χ3n) is 4.64. The Balaban J connectivity index is 2.01. The van der Waals surface area contributed by atoms with Gasteiger partial charge in [-0.3, -0.25) is 9.20 Å². The number of fused-ring (bicyclic) bond motifs is 1. The fraction of sp³-hybridized carbons (Fsp3) is 0.286. The van der Waals surface area contributed by atoms with Crippen molar-refractivity contribution in [2.45, 2.75) is 26.3 Å². The van der Waals surface area contributed by atoms with E-state index in [1.165, 1.54) is 0 Å². The van der Waals surface area contributed by atoms with Crippen LogP contribution >= 0.6 is 0 Å². The molecule has 7 heteroatoms. The summed E-state index contributed by atoms with van der Waals surface area (Å²) >= 11 is 0. The first kappa shape index (κ1) is 19.4. The van der Waals surface area contributed by atoms with Gasteiger partial charge >= 0.3 is 0 Å². The number of ether oxygens (including phenoxy) is 1. The molecule has 2 N–H and O–H groups in total. The van der Waals surface area contributed by atoms with Gasteiger partial charge in [0.15, 0.2) is 11.4 Å². The van der Waals surface area contributed by atoms with E-state index in [4.69, 9.17) is 10.00 Å². The monoisotopic (exact) mass is 378 g/mol. The highest BCUT2D eigenvalue weighted by Gasteiger charge is 2.30. The molecule has 0 aliphatic heterocycles. The van der Waals surface area contributed by atoms with E-state index in [0.29, 0.717) is 40.5 Å². The second kappa shape index (κ2) is 7.71. The molecular formula is C21H22N4O3. The number of carbonyl (C=O) groups excluding carboxylic acids is 1. The molecule has 1 atom stereocenters. The van der Waals surface area contributed by atoms with Gasteiger partial charge in [0, 0.05) is 6.20 Å². The molecule has 0 bridgehead atoms. The summed E-state index contributed by atoms with van der Waals surface area (Å²) in [5, 5.41) is 22.0. The highest BCUT2D eigenvalue weighted by molar-refractivity contribution is 5.95. The minimum absolute atomic E-state index is 0.326. The summed E-state index contributed by atoms with van der Waals surface area (Å²) in [6, 6.07) is 12.5. The zero-order chi connectivity index (χ0) is 20.3. The number of hydrogen-bond acceptors (Lipinski definition) is 5. The number of aliphatic hydroxyl groups excluding tert-OH is 1. The van der Waals surface area contributed by atoms with Crippen molar-refractivity contribution in [3.05, 3.63) is 65.1 Å². The molecule has 3 aromatic rings. The molecule has 0 saturated heterocycles. The molecule has 0 aliphatic carbocycles. The van der Waals surface area contributed by atoms with Gasteiger partial charge in [0.25, 0.3) is 5.91 Å². The van der Waals surface area contributed by atoms with Crippen LogP contribution in [-0.4, -0.2) is 33.6 Å². The molecule has 0 fully saturated rings. The zero-order valence-electron chi connectivity index (χ0n) is 16.1. The summed E-state index contributed by atoms with van der Waals surface area (Å²) in [4.78, 5) is 17.6. The maximum absolute atomic E-state index is 13.1. The number of pyridine rings is 1. The molecule has 1 aromatic carbocycles. The first-order valence-electron chi connectivity index (χ1n) is 8.98. The third kappa shape index (κ3) is 3.42. The molecule has 2 aromatic heterocycles. The number of amides is 1. The van der Waals surface area contributed by atoms with E-state index < -0.39 is 5.54 Å². The molecule has 0 saturated carbocycles. The summed E-state index contributed by atoms with van der Waals surface area (Å²) in [5.41, 5.74) is 1.52. The number of rotatable bonds is 6. The van der Waals surface area contributed by atoms with Crippen molar-refractivity contribution < 1.29 is 14.6 Å². The first-order valence-corrected chi connectivity index (χ1v) is 8.98. The maximum Gasteiger partial charge on any atom is 0.270 e. The van der Waals surface area contributed by atoms with Crippen LogP contribution < -0.4 is 10.1 Å². The molecule has 3 rings (SSSR count). The normalized spacial score (nSPS) is 13.0. The van der Waals surface area contributed by atoms with Crippen LogP contribution in [0.2, 0.25) is 0 Å². The smallest absolute Gasteiger partial charge is 0.270 e. The van der Waals surface area contributed by atoms with Gasteiger partial charge in [-0.2, -0.15) is 5.26 Å². The van der Waals surface area contributed by atoms with Gasteiger partial charge in [-0.15, -0.1) is 0 Å². The largest absolute Gasteiger partial charge is 0.490 e. The minimum Gasteiger partial charge on any atom is -0.490 e. The number of nitrogens with one attached hydrogen (secondary N) is 1. The Morgan fingerprint density at radius 1 is 1.39 bits per heavy atom. The zero-order valence-corrected chi connectivity index (χ0v) is 16.1. The number of aryl methyl sites for hydroxylation is 1. The predicted molar refractivity (Wildman–Crippen MR) is 104 cm³/mol. The molecule has 0 radical (unpaired) electrons. The number of carbonyl (C=O) groups is 1. The highest BCUT2D eigenvalue weighted by Crippen LogP contribution is 2.25. The van der Waals surface area contributed by atoms with Gasteiger partial charge in [0.2, 0.25) is 0 Å². The highest BCUT2D eigenvalue weighted by atomic mass is 16.5. The fourth-order valence-corrected chi connectivity index (χ4v) is 3.14. The summed E-state index contributed by atoms with van der Waals surface area (Å²) in [6.45, 7) is 5.52. The Morgan fingerprint density at radius 2 is 2.18 bits per heavy atom. The Morgan fingerprint density at radius 3 is 2.86 bits per heavy atom. The number of aliphatic hydroxyl groups is 1. The topological polar surface area (TPSA) is 99.6 Å². The molecular weight excluding hydrogens is 356 g/mol. The van der Waals surface area contributed by atoms with Crippen LogP contribution in [-0.2, 0) is 5.54 Å². The Hall–Kier alpha value is -3.37. The summed E-state index contributed by atoms with van der Waals surface area (Å²) in [5.74, 6) is 0.219. The van der Waals surface area contributed by atoms with Gasteiger partial charge in [0.05, 0.1) is 36.1 Å². The number of nitrogens with zero attached hydrogens (tertiary/aromatic N) is 3. The Labute approximate surface area is 163 Å². The Kier molecular flexibility index (Phi) is 5.34. The average Bonchev–Trinajstić information content (AvgIpc) is 3.05. The molecule has 144 valence electrons. The fourth-order valence-electron chi connectivity index (χ4n) is 3.14. The summed E-state index contributed by atoms with van der Waals surface area (Å²) in [7, 11) is 0. The number of aromatic nitrogens is 2. The van der Waals surface area contributed by atoms with Crippen molar-refractivity contribution in [2.75, 3.05) is 13.2 Å². The van der Waals surface area contributed by atoms with E-state index in [0.717, 1.165) is 0 Å². The molecule has 0 unspecified atom stereocenters. The number of imidazole rings is 1. The van der Waals surface area contributed by atoms with Crippen molar-refractivity contribution >= 4 is 11.6 Å². The lowest BCUT2D eigenvalue weighted by Crippen LogP contribution is -2.46. The molecule has 0 spiro atoms. The van der Waals surface area contributed by atoms with Crippen LogP contribution in [0.4, 0.5) is 0 Å². The van der Waals surface area contributed by atoms with E-state index in [-0.39, 0.29) is 12.5 Å². The first-order chi connectivity index (χ1) is 13.4. The number of nitriles is 1.